The third-order valence-electron chi connectivity index (χ3n) is 3.35. The second-order valence-corrected chi connectivity index (χ2v) is 5.13. The summed E-state index contributed by atoms with van der Waals surface area (Å²) in [6.07, 6.45) is 0. The Labute approximate surface area is 141 Å². The molecule has 126 valence electrons. The van der Waals surface area contributed by atoms with E-state index in [1.165, 1.54) is 42.5 Å². The first kappa shape index (κ1) is 16.6. The molecule has 3 aromatic rings. The maximum Gasteiger partial charge on any atom is 0.261 e. The Kier molecular flexibility index (Phi) is 4.70. The number of benzene rings is 3. The van der Waals surface area contributed by atoms with Gasteiger partial charge in [-0.25, -0.2) is 13.2 Å². The number of halogens is 3. The molecule has 0 heterocycles. The summed E-state index contributed by atoms with van der Waals surface area (Å²) in [6, 6.07) is 14.9. The van der Waals surface area contributed by atoms with Gasteiger partial charge in [-0.15, -0.1) is 0 Å². The maximum atomic E-state index is 13.6. The summed E-state index contributed by atoms with van der Waals surface area (Å²) in [7, 11) is 0. The van der Waals surface area contributed by atoms with Gasteiger partial charge in [-0.2, -0.15) is 0 Å². The van der Waals surface area contributed by atoms with Gasteiger partial charge in [-0.1, -0.05) is 6.07 Å². The highest BCUT2D eigenvalue weighted by Gasteiger charge is 2.17. The number of amides is 1. The first-order chi connectivity index (χ1) is 12.0. The lowest BCUT2D eigenvalue weighted by atomic mass is 10.1. The smallest absolute Gasteiger partial charge is 0.261 e. The molecule has 25 heavy (non-hydrogen) atoms. The number of rotatable bonds is 4. The van der Waals surface area contributed by atoms with Gasteiger partial charge in [0.2, 0.25) is 0 Å². The van der Waals surface area contributed by atoms with Crippen LogP contribution >= 0.6 is 0 Å². The van der Waals surface area contributed by atoms with Crippen LogP contribution in [0.3, 0.4) is 0 Å². The van der Waals surface area contributed by atoms with E-state index >= 15 is 0 Å². The van der Waals surface area contributed by atoms with Gasteiger partial charge in [0.25, 0.3) is 5.91 Å². The molecule has 3 aromatic carbocycles. The van der Waals surface area contributed by atoms with Crippen molar-refractivity contribution in [3.8, 4) is 11.5 Å². The molecule has 0 saturated carbocycles. The summed E-state index contributed by atoms with van der Waals surface area (Å²) in [5.41, 5.74) is -0.298. The normalized spacial score (nSPS) is 10.4. The first-order valence-corrected chi connectivity index (χ1v) is 7.32. The van der Waals surface area contributed by atoms with E-state index in [9.17, 15) is 18.0 Å². The SMILES string of the molecule is O=C(Nc1ccc(Oc2ccc(F)cc2)cc1)c1c(F)cccc1F. The average Bonchev–Trinajstić information content (AvgIpc) is 2.58. The van der Waals surface area contributed by atoms with Crippen LogP contribution in [0.25, 0.3) is 0 Å². The van der Waals surface area contributed by atoms with Crippen LogP contribution in [-0.2, 0) is 0 Å². The summed E-state index contributed by atoms with van der Waals surface area (Å²) in [5, 5.41) is 2.41. The molecule has 0 aliphatic heterocycles. The van der Waals surface area contributed by atoms with Gasteiger partial charge in [0.05, 0.1) is 0 Å². The first-order valence-electron chi connectivity index (χ1n) is 7.32. The Morgan fingerprint density at radius 1 is 0.760 bits per heavy atom. The largest absolute Gasteiger partial charge is 0.457 e. The fraction of sp³-hybridized carbons (Fsp3) is 0. The molecular weight excluding hydrogens is 331 g/mol. The van der Waals surface area contributed by atoms with Crippen LogP contribution in [0.1, 0.15) is 10.4 Å². The molecule has 1 N–H and O–H groups in total. The quantitative estimate of drug-likeness (QED) is 0.711. The maximum absolute atomic E-state index is 13.6. The van der Waals surface area contributed by atoms with Crippen molar-refractivity contribution in [3.05, 3.63) is 89.7 Å². The molecule has 0 atom stereocenters. The molecule has 0 aliphatic rings. The molecular formula is C19H12F3NO2. The minimum Gasteiger partial charge on any atom is -0.457 e. The summed E-state index contributed by atoms with van der Waals surface area (Å²) in [4.78, 5) is 12.0. The molecule has 0 spiro atoms. The van der Waals surface area contributed by atoms with Gasteiger partial charge in [-0.3, -0.25) is 4.79 Å². The Balaban J connectivity index is 1.70. The van der Waals surface area contributed by atoms with Gasteiger partial charge < -0.3 is 10.1 Å². The molecule has 0 saturated heterocycles. The van der Waals surface area contributed by atoms with Crippen molar-refractivity contribution in [1.29, 1.82) is 0 Å². The lowest BCUT2D eigenvalue weighted by Gasteiger charge is -2.09. The van der Waals surface area contributed by atoms with E-state index in [2.05, 4.69) is 5.32 Å². The third kappa shape index (κ3) is 3.98. The van der Waals surface area contributed by atoms with E-state index in [4.69, 9.17) is 4.74 Å². The van der Waals surface area contributed by atoms with Crippen LogP contribution in [0.15, 0.2) is 66.7 Å². The standard InChI is InChI=1S/C19H12F3NO2/c20-12-4-8-14(9-5-12)25-15-10-6-13(7-11-15)23-19(24)18-16(21)2-1-3-17(18)22/h1-11H,(H,23,24). The molecule has 0 radical (unpaired) electrons. The summed E-state index contributed by atoms with van der Waals surface area (Å²) in [5.74, 6) is -2.22. The van der Waals surface area contributed by atoms with E-state index < -0.39 is 23.1 Å². The Morgan fingerprint density at radius 2 is 1.28 bits per heavy atom. The zero-order valence-electron chi connectivity index (χ0n) is 12.8. The predicted octanol–water partition coefficient (Wildman–Crippen LogP) is 5.15. The lowest BCUT2D eigenvalue weighted by molar-refractivity contribution is 0.101. The fourth-order valence-corrected chi connectivity index (χ4v) is 2.15. The topological polar surface area (TPSA) is 38.3 Å². The number of hydrogen-bond donors (Lipinski definition) is 1. The third-order valence-corrected chi connectivity index (χ3v) is 3.35. The highest BCUT2D eigenvalue weighted by molar-refractivity contribution is 6.04. The van der Waals surface area contributed by atoms with E-state index in [-0.39, 0.29) is 5.82 Å². The fourth-order valence-electron chi connectivity index (χ4n) is 2.15. The Hall–Kier alpha value is -3.28. The second-order valence-electron chi connectivity index (χ2n) is 5.13. The van der Waals surface area contributed by atoms with Crippen LogP contribution in [0.2, 0.25) is 0 Å². The van der Waals surface area contributed by atoms with Crippen molar-refractivity contribution < 1.29 is 22.7 Å². The van der Waals surface area contributed by atoms with Gasteiger partial charge in [0.1, 0.15) is 34.5 Å². The van der Waals surface area contributed by atoms with Gasteiger partial charge in [0, 0.05) is 5.69 Å². The number of nitrogens with one attached hydrogen (secondary N) is 1. The van der Waals surface area contributed by atoms with Crippen LogP contribution in [0.4, 0.5) is 18.9 Å². The molecule has 0 aromatic heterocycles. The predicted molar refractivity (Wildman–Crippen MR) is 87.2 cm³/mol. The van der Waals surface area contributed by atoms with E-state index in [0.29, 0.717) is 17.2 Å². The zero-order chi connectivity index (χ0) is 17.8. The van der Waals surface area contributed by atoms with Crippen LogP contribution < -0.4 is 10.1 Å². The van der Waals surface area contributed by atoms with E-state index in [1.807, 2.05) is 0 Å². The minimum absolute atomic E-state index is 0.346. The van der Waals surface area contributed by atoms with Crippen molar-refractivity contribution in [2.45, 2.75) is 0 Å². The van der Waals surface area contributed by atoms with Crippen LogP contribution in [0, 0.1) is 17.5 Å². The molecule has 6 heteroatoms. The van der Waals surface area contributed by atoms with Crippen LogP contribution in [-0.4, -0.2) is 5.91 Å². The molecule has 0 unspecified atom stereocenters. The summed E-state index contributed by atoms with van der Waals surface area (Å²) in [6.45, 7) is 0. The number of hydrogen-bond acceptors (Lipinski definition) is 2. The number of anilines is 1. The highest BCUT2D eigenvalue weighted by Crippen LogP contribution is 2.23. The number of ether oxygens (including phenoxy) is 1. The van der Waals surface area contributed by atoms with Crippen molar-refractivity contribution in [1.82, 2.24) is 0 Å². The average molecular weight is 343 g/mol. The summed E-state index contributed by atoms with van der Waals surface area (Å²) >= 11 is 0. The van der Waals surface area contributed by atoms with Gasteiger partial charge in [-0.05, 0) is 60.7 Å². The lowest BCUT2D eigenvalue weighted by Crippen LogP contribution is -2.15. The molecule has 3 rings (SSSR count). The van der Waals surface area contributed by atoms with Crippen LogP contribution in [0.5, 0.6) is 11.5 Å². The minimum atomic E-state index is -0.936. The van der Waals surface area contributed by atoms with Crippen molar-refractivity contribution >= 4 is 11.6 Å². The Morgan fingerprint density at radius 3 is 1.84 bits per heavy atom. The van der Waals surface area contributed by atoms with Crippen molar-refractivity contribution in [2.24, 2.45) is 0 Å². The number of carbonyl (C=O) groups is 1. The highest BCUT2D eigenvalue weighted by atomic mass is 19.1. The molecule has 0 aliphatic carbocycles. The van der Waals surface area contributed by atoms with Gasteiger partial charge in [0.15, 0.2) is 0 Å². The Bertz CT molecular complexity index is 873. The molecule has 1 amide bonds. The molecule has 0 bridgehead atoms. The van der Waals surface area contributed by atoms with Crippen molar-refractivity contribution in [2.75, 3.05) is 5.32 Å². The zero-order valence-corrected chi connectivity index (χ0v) is 12.8. The van der Waals surface area contributed by atoms with E-state index in [0.717, 1.165) is 12.1 Å². The number of carbonyl (C=O) groups excluding carboxylic acids is 1. The summed E-state index contributed by atoms with van der Waals surface area (Å²) < 4.78 is 45.5. The second kappa shape index (κ2) is 7.09. The molecule has 3 nitrogen and oxygen atoms in total. The van der Waals surface area contributed by atoms with Gasteiger partial charge >= 0.3 is 0 Å². The van der Waals surface area contributed by atoms with E-state index in [1.54, 1.807) is 12.1 Å². The molecule has 0 fully saturated rings. The monoisotopic (exact) mass is 343 g/mol. The van der Waals surface area contributed by atoms with Crippen molar-refractivity contribution in [3.63, 3.8) is 0 Å².